The van der Waals surface area contributed by atoms with Crippen LogP contribution < -0.4 is 0 Å². The molecule has 5 nitrogen and oxygen atoms in total. The second kappa shape index (κ2) is 4.61. The van der Waals surface area contributed by atoms with Crippen molar-refractivity contribution in [3.63, 3.8) is 0 Å². The van der Waals surface area contributed by atoms with E-state index in [9.17, 15) is 9.90 Å². The Kier molecular flexibility index (Phi) is 3.67. The van der Waals surface area contributed by atoms with Crippen molar-refractivity contribution in [1.82, 2.24) is 0 Å². The molecule has 0 radical (unpaired) electrons. The van der Waals surface area contributed by atoms with Crippen molar-refractivity contribution in [2.75, 3.05) is 0 Å². The van der Waals surface area contributed by atoms with Crippen LogP contribution in [0.2, 0.25) is 0 Å². The standard InChI is InChI=1S/C9H9BrO5/c10-6-2-1-4(11)3-5(6)7(12)8(13)9(14)15/h1-3,7-8,11-13H,(H,14,15). The minimum Gasteiger partial charge on any atom is -0.508 e. The lowest BCUT2D eigenvalue weighted by Gasteiger charge is -2.15. The second-order valence-corrected chi connectivity index (χ2v) is 3.79. The van der Waals surface area contributed by atoms with Crippen LogP contribution in [0.4, 0.5) is 0 Å². The molecular weight excluding hydrogens is 268 g/mol. The molecule has 1 rings (SSSR count). The van der Waals surface area contributed by atoms with Gasteiger partial charge in [0.25, 0.3) is 0 Å². The molecular formula is C9H9BrO5. The van der Waals surface area contributed by atoms with Crippen molar-refractivity contribution in [2.24, 2.45) is 0 Å². The van der Waals surface area contributed by atoms with Gasteiger partial charge in [0.1, 0.15) is 11.9 Å². The highest BCUT2D eigenvalue weighted by molar-refractivity contribution is 9.10. The number of aliphatic hydroxyl groups is 2. The first kappa shape index (κ1) is 12.0. The molecule has 0 spiro atoms. The van der Waals surface area contributed by atoms with Crippen molar-refractivity contribution < 1.29 is 25.2 Å². The van der Waals surface area contributed by atoms with Crippen LogP contribution >= 0.6 is 15.9 Å². The zero-order valence-corrected chi connectivity index (χ0v) is 9.05. The molecule has 0 saturated carbocycles. The summed E-state index contributed by atoms with van der Waals surface area (Å²) in [7, 11) is 0. The van der Waals surface area contributed by atoms with Gasteiger partial charge in [-0.15, -0.1) is 0 Å². The van der Waals surface area contributed by atoms with E-state index in [1.165, 1.54) is 18.2 Å². The molecule has 2 atom stereocenters. The maximum Gasteiger partial charge on any atom is 0.335 e. The largest absolute Gasteiger partial charge is 0.508 e. The summed E-state index contributed by atoms with van der Waals surface area (Å²) in [5.41, 5.74) is 0.116. The average molecular weight is 277 g/mol. The first-order valence-electron chi connectivity index (χ1n) is 4.01. The zero-order valence-electron chi connectivity index (χ0n) is 7.46. The highest BCUT2D eigenvalue weighted by Crippen LogP contribution is 2.29. The van der Waals surface area contributed by atoms with Crippen molar-refractivity contribution >= 4 is 21.9 Å². The molecule has 1 aromatic rings. The van der Waals surface area contributed by atoms with Gasteiger partial charge in [0.05, 0.1) is 0 Å². The number of carboxylic acid groups (broad SMARTS) is 1. The molecule has 0 bridgehead atoms. The van der Waals surface area contributed by atoms with Crippen molar-refractivity contribution in [3.05, 3.63) is 28.2 Å². The topological polar surface area (TPSA) is 98.0 Å². The Labute approximate surface area is 93.7 Å². The van der Waals surface area contributed by atoms with E-state index in [-0.39, 0.29) is 11.3 Å². The molecule has 0 saturated heterocycles. The van der Waals surface area contributed by atoms with Gasteiger partial charge >= 0.3 is 5.97 Å². The van der Waals surface area contributed by atoms with E-state index in [2.05, 4.69) is 15.9 Å². The van der Waals surface area contributed by atoms with Gasteiger partial charge in [-0.1, -0.05) is 15.9 Å². The van der Waals surface area contributed by atoms with Gasteiger partial charge in [-0.05, 0) is 18.2 Å². The number of carbonyl (C=O) groups is 1. The summed E-state index contributed by atoms with van der Waals surface area (Å²) in [6.07, 6.45) is -3.52. The summed E-state index contributed by atoms with van der Waals surface area (Å²) in [5.74, 6) is -1.65. The fraction of sp³-hybridized carbons (Fsp3) is 0.222. The van der Waals surface area contributed by atoms with Gasteiger partial charge in [0.2, 0.25) is 0 Å². The molecule has 6 heteroatoms. The van der Waals surface area contributed by atoms with E-state index < -0.39 is 18.2 Å². The highest BCUT2D eigenvalue weighted by atomic mass is 79.9. The molecule has 0 fully saturated rings. The summed E-state index contributed by atoms with van der Waals surface area (Å²) in [4.78, 5) is 10.4. The van der Waals surface area contributed by atoms with E-state index in [4.69, 9.17) is 15.3 Å². The molecule has 15 heavy (non-hydrogen) atoms. The lowest BCUT2D eigenvalue weighted by Crippen LogP contribution is -2.27. The SMILES string of the molecule is O=C(O)C(O)C(O)c1cc(O)ccc1Br. The molecule has 0 aliphatic carbocycles. The minimum absolute atomic E-state index is 0.116. The van der Waals surface area contributed by atoms with Gasteiger partial charge < -0.3 is 20.4 Å². The number of halogens is 1. The van der Waals surface area contributed by atoms with E-state index in [0.29, 0.717) is 4.47 Å². The third-order valence-electron chi connectivity index (χ3n) is 1.85. The predicted octanol–water partition coefficient (Wildman–Crippen LogP) is 0.634. The van der Waals surface area contributed by atoms with Crippen LogP contribution in [0.1, 0.15) is 11.7 Å². The highest BCUT2D eigenvalue weighted by Gasteiger charge is 2.26. The number of hydrogen-bond acceptors (Lipinski definition) is 4. The van der Waals surface area contributed by atoms with Crippen molar-refractivity contribution in [3.8, 4) is 5.75 Å². The molecule has 0 aromatic heterocycles. The quantitative estimate of drug-likeness (QED) is 0.649. The maximum atomic E-state index is 10.4. The monoisotopic (exact) mass is 276 g/mol. The van der Waals surface area contributed by atoms with Gasteiger partial charge in [-0.3, -0.25) is 0 Å². The zero-order chi connectivity index (χ0) is 11.6. The second-order valence-electron chi connectivity index (χ2n) is 2.93. The lowest BCUT2D eigenvalue weighted by molar-refractivity contribution is -0.153. The average Bonchev–Trinajstić information content (AvgIpc) is 2.19. The summed E-state index contributed by atoms with van der Waals surface area (Å²) in [5, 5.41) is 36.2. The van der Waals surface area contributed by atoms with E-state index >= 15 is 0 Å². The maximum absolute atomic E-state index is 10.4. The fourth-order valence-corrected chi connectivity index (χ4v) is 1.54. The molecule has 0 heterocycles. The van der Waals surface area contributed by atoms with Gasteiger partial charge in [0, 0.05) is 10.0 Å². The Morgan fingerprint density at radius 3 is 2.47 bits per heavy atom. The Morgan fingerprint density at radius 1 is 1.33 bits per heavy atom. The molecule has 0 aliphatic rings. The fourth-order valence-electron chi connectivity index (χ4n) is 1.06. The predicted molar refractivity (Wildman–Crippen MR) is 54.4 cm³/mol. The van der Waals surface area contributed by atoms with E-state index in [1.54, 1.807) is 0 Å². The molecule has 2 unspecified atom stereocenters. The molecule has 0 amide bonds. The Balaban J connectivity index is 3.04. The van der Waals surface area contributed by atoms with Gasteiger partial charge in [-0.25, -0.2) is 4.79 Å². The normalized spacial score (nSPS) is 14.6. The number of hydrogen-bond donors (Lipinski definition) is 4. The van der Waals surface area contributed by atoms with E-state index in [1.807, 2.05) is 0 Å². The summed E-state index contributed by atoms with van der Waals surface area (Å²) >= 11 is 3.07. The first-order chi connectivity index (χ1) is 6.93. The molecule has 0 aliphatic heterocycles. The third kappa shape index (κ3) is 2.68. The van der Waals surface area contributed by atoms with Crippen LogP contribution in [0.15, 0.2) is 22.7 Å². The van der Waals surface area contributed by atoms with Crippen LogP contribution in [0, 0.1) is 0 Å². The van der Waals surface area contributed by atoms with E-state index in [0.717, 1.165) is 0 Å². The number of phenols is 1. The smallest absolute Gasteiger partial charge is 0.335 e. The van der Waals surface area contributed by atoms with Crippen LogP contribution in [-0.2, 0) is 4.79 Å². The number of aliphatic hydroxyl groups excluding tert-OH is 2. The summed E-state index contributed by atoms with van der Waals surface area (Å²) in [6.45, 7) is 0. The first-order valence-corrected chi connectivity index (χ1v) is 4.80. The third-order valence-corrected chi connectivity index (χ3v) is 2.57. The molecule has 1 aromatic carbocycles. The van der Waals surface area contributed by atoms with Crippen LogP contribution in [-0.4, -0.2) is 32.5 Å². The Bertz CT molecular complexity index is 379. The van der Waals surface area contributed by atoms with Crippen LogP contribution in [0.25, 0.3) is 0 Å². The number of aromatic hydroxyl groups is 1. The number of carboxylic acids is 1. The Hall–Kier alpha value is -1.11. The van der Waals surface area contributed by atoms with Crippen molar-refractivity contribution in [1.29, 1.82) is 0 Å². The van der Waals surface area contributed by atoms with Crippen LogP contribution in [0.5, 0.6) is 5.75 Å². The molecule has 82 valence electrons. The van der Waals surface area contributed by atoms with Gasteiger partial charge in [-0.2, -0.15) is 0 Å². The summed E-state index contributed by atoms with van der Waals surface area (Å²) in [6, 6.07) is 4.00. The molecule has 4 N–H and O–H groups in total. The Morgan fingerprint density at radius 2 is 1.93 bits per heavy atom. The number of benzene rings is 1. The van der Waals surface area contributed by atoms with Gasteiger partial charge in [0.15, 0.2) is 6.10 Å². The number of aliphatic carboxylic acids is 1. The lowest BCUT2D eigenvalue weighted by atomic mass is 10.0. The minimum atomic E-state index is -1.93. The van der Waals surface area contributed by atoms with Crippen LogP contribution in [0.3, 0.4) is 0 Å². The van der Waals surface area contributed by atoms with Crippen molar-refractivity contribution in [2.45, 2.75) is 12.2 Å². The number of phenolic OH excluding ortho intramolecular Hbond substituents is 1. The number of rotatable bonds is 3. The summed E-state index contributed by atoms with van der Waals surface area (Å²) < 4.78 is 0.410.